The number of rotatable bonds is 10. The van der Waals surface area contributed by atoms with Crippen molar-refractivity contribution < 1.29 is 19.1 Å². The summed E-state index contributed by atoms with van der Waals surface area (Å²) in [7, 11) is 3.25. The van der Waals surface area contributed by atoms with E-state index in [-0.39, 0.29) is 36.1 Å². The van der Waals surface area contributed by atoms with E-state index in [9.17, 15) is 14.4 Å². The molecule has 2 aromatic rings. The van der Waals surface area contributed by atoms with Gasteiger partial charge in [-0.2, -0.15) is 0 Å². The van der Waals surface area contributed by atoms with Crippen LogP contribution in [0.2, 0.25) is 0 Å². The molecule has 9 nitrogen and oxygen atoms in total. The van der Waals surface area contributed by atoms with E-state index >= 15 is 0 Å². The largest absolute Gasteiger partial charge is 0.383 e. The molecule has 0 radical (unpaired) electrons. The standard InChI is InChI=1S/C27H37N5O4/c1-31(6-7-36-2)25(34)15-28-24(33)11-21-16-32-22(4-3-5-23(32)30-21)26(35)29-17-27-12-18-8-19(13-27)10-20(9-18)14-27/h3-5,16,18-20H,6-15,17H2,1-2H3,(H,28,33)(H,29,35). The maximum Gasteiger partial charge on any atom is 0.268 e. The zero-order valence-corrected chi connectivity index (χ0v) is 21.3. The van der Waals surface area contributed by atoms with Crippen molar-refractivity contribution in [2.75, 3.05) is 40.4 Å². The predicted molar refractivity (Wildman–Crippen MR) is 134 cm³/mol. The Morgan fingerprint density at radius 3 is 2.47 bits per heavy atom. The first kappa shape index (κ1) is 24.7. The van der Waals surface area contributed by atoms with Crippen LogP contribution < -0.4 is 10.6 Å². The first-order valence-electron chi connectivity index (χ1n) is 13.1. The molecule has 3 amide bonds. The highest BCUT2D eigenvalue weighted by molar-refractivity contribution is 5.93. The van der Waals surface area contributed by atoms with Gasteiger partial charge < -0.3 is 20.3 Å². The van der Waals surface area contributed by atoms with Crippen molar-refractivity contribution in [1.29, 1.82) is 0 Å². The highest BCUT2D eigenvalue weighted by Gasteiger charge is 2.50. The van der Waals surface area contributed by atoms with Gasteiger partial charge >= 0.3 is 0 Å². The fourth-order valence-electron chi connectivity index (χ4n) is 7.09. The van der Waals surface area contributed by atoms with Crippen LogP contribution >= 0.6 is 0 Å². The third-order valence-electron chi connectivity index (χ3n) is 8.40. The Hall–Kier alpha value is -2.94. The topological polar surface area (TPSA) is 105 Å². The molecule has 0 aromatic carbocycles. The summed E-state index contributed by atoms with van der Waals surface area (Å²) in [6.07, 6.45) is 9.67. The molecule has 0 unspecified atom stereocenters. The molecule has 4 aliphatic carbocycles. The molecule has 4 aliphatic rings. The lowest BCUT2D eigenvalue weighted by atomic mass is 9.49. The molecule has 2 N–H and O–H groups in total. The van der Waals surface area contributed by atoms with Crippen molar-refractivity contribution in [2.45, 2.75) is 44.9 Å². The van der Waals surface area contributed by atoms with Crippen LogP contribution in [-0.2, 0) is 20.7 Å². The lowest BCUT2D eigenvalue weighted by Gasteiger charge is -2.56. The molecule has 0 spiro atoms. The normalized spacial score (nSPS) is 26.2. The van der Waals surface area contributed by atoms with Crippen LogP contribution in [0.1, 0.15) is 54.7 Å². The molecule has 4 fully saturated rings. The highest BCUT2D eigenvalue weighted by Crippen LogP contribution is 2.59. The van der Waals surface area contributed by atoms with Crippen molar-refractivity contribution in [1.82, 2.24) is 24.9 Å². The van der Waals surface area contributed by atoms with Gasteiger partial charge in [-0.25, -0.2) is 4.98 Å². The number of carbonyl (C=O) groups excluding carboxylic acids is 3. The van der Waals surface area contributed by atoms with Crippen LogP contribution in [0.4, 0.5) is 0 Å². The quantitative estimate of drug-likeness (QED) is 0.525. The van der Waals surface area contributed by atoms with Crippen LogP contribution in [0.5, 0.6) is 0 Å². The molecule has 36 heavy (non-hydrogen) atoms. The summed E-state index contributed by atoms with van der Waals surface area (Å²) in [5, 5.41) is 5.89. The second kappa shape index (κ2) is 10.2. The van der Waals surface area contributed by atoms with Gasteiger partial charge in [-0.05, 0) is 73.8 Å². The Bertz CT molecular complexity index is 1110. The second-order valence-corrected chi connectivity index (χ2v) is 11.2. The number of nitrogens with zero attached hydrogens (tertiary/aromatic N) is 3. The van der Waals surface area contributed by atoms with E-state index < -0.39 is 0 Å². The number of hydrogen-bond acceptors (Lipinski definition) is 5. The lowest BCUT2D eigenvalue weighted by molar-refractivity contribution is -0.132. The minimum atomic E-state index is -0.292. The molecule has 2 heterocycles. The van der Waals surface area contributed by atoms with Gasteiger partial charge in [0.15, 0.2) is 0 Å². The van der Waals surface area contributed by atoms with E-state index in [0.717, 1.165) is 24.3 Å². The average Bonchev–Trinajstić information content (AvgIpc) is 3.26. The highest BCUT2D eigenvalue weighted by atomic mass is 16.5. The Labute approximate surface area is 212 Å². The summed E-state index contributed by atoms with van der Waals surface area (Å²) in [4.78, 5) is 43.8. The zero-order valence-electron chi connectivity index (χ0n) is 21.3. The summed E-state index contributed by atoms with van der Waals surface area (Å²) < 4.78 is 6.72. The van der Waals surface area contributed by atoms with E-state index in [1.54, 1.807) is 30.8 Å². The van der Waals surface area contributed by atoms with E-state index in [4.69, 9.17) is 4.74 Å². The van der Waals surface area contributed by atoms with Crippen molar-refractivity contribution in [3.8, 4) is 0 Å². The number of hydrogen-bond donors (Lipinski definition) is 2. The van der Waals surface area contributed by atoms with Gasteiger partial charge in [-0.3, -0.25) is 18.8 Å². The molecule has 4 saturated carbocycles. The van der Waals surface area contributed by atoms with Gasteiger partial charge in [0.05, 0.1) is 25.3 Å². The number of nitrogens with one attached hydrogen (secondary N) is 2. The maximum atomic E-state index is 13.2. The minimum Gasteiger partial charge on any atom is -0.383 e. The number of aromatic nitrogens is 2. The average molecular weight is 496 g/mol. The van der Waals surface area contributed by atoms with Crippen LogP contribution in [0.3, 0.4) is 0 Å². The molecular formula is C27H37N5O4. The van der Waals surface area contributed by atoms with Crippen molar-refractivity contribution in [3.05, 3.63) is 35.8 Å². The van der Waals surface area contributed by atoms with Crippen molar-refractivity contribution in [2.24, 2.45) is 23.2 Å². The summed E-state index contributed by atoms with van der Waals surface area (Å²) in [5.74, 6) is 1.96. The van der Waals surface area contributed by atoms with Gasteiger partial charge in [0, 0.05) is 33.4 Å². The van der Waals surface area contributed by atoms with Crippen LogP contribution in [0.15, 0.2) is 24.4 Å². The number of carbonyl (C=O) groups is 3. The summed E-state index contributed by atoms with van der Waals surface area (Å²) in [6, 6.07) is 5.44. The number of methoxy groups -OCH3 is 1. The fourth-order valence-corrected chi connectivity index (χ4v) is 7.09. The van der Waals surface area contributed by atoms with Crippen LogP contribution in [-0.4, -0.2) is 72.4 Å². The maximum absolute atomic E-state index is 13.2. The molecule has 0 atom stereocenters. The van der Waals surface area contributed by atoms with E-state index in [1.165, 1.54) is 43.4 Å². The number of imidazole rings is 1. The number of fused-ring (bicyclic) bond motifs is 1. The van der Waals surface area contributed by atoms with Gasteiger partial charge in [-0.1, -0.05) is 6.07 Å². The Morgan fingerprint density at radius 1 is 1.11 bits per heavy atom. The molecule has 9 heteroatoms. The Morgan fingerprint density at radius 2 is 1.81 bits per heavy atom. The second-order valence-electron chi connectivity index (χ2n) is 11.2. The zero-order chi connectivity index (χ0) is 25.3. The summed E-state index contributed by atoms with van der Waals surface area (Å²) >= 11 is 0. The van der Waals surface area contributed by atoms with Crippen LogP contribution in [0.25, 0.3) is 5.65 Å². The van der Waals surface area contributed by atoms with E-state index in [2.05, 4.69) is 15.6 Å². The number of amides is 3. The molecule has 0 aliphatic heterocycles. The van der Waals surface area contributed by atoms with Gasteiger partial charge in [-0.15, -0.1) is 0 Å². The number of ether oxygens (including phenoxy) is 1. The third kappa shape index (κ3) is 5.26. The lowest BCUT2D eigenvalue weighted by Crippen LogP contribution is -2.51. The first-order valence-corrected chi connectivity index (χ1v) is 13.1. The third-order valence-corrected chi connectivity index (χ3v) is 8.40. The smallest absolute Gasteiger partial charge is 0.268 e. The van der Waals surface area contributed by atoms with E-state index in [0.29, 0.717) is 30.2 Å². The SMILES string of the molecule is COCCN(C)C(=O)CNC(=O)Cc1cn2c(C(=O)NCC34CC5CC(CC(C5)C3)C4)cccc2n1. The van der Waals surface area contributed by atoms with Crippen LogP contribution in [0, 0.1) is 23.2 Å². The number of pyridine rings is 1. The molecular weight excluding hydrogens is 458 g/mol. The molecule has 194 valence electrons. The first-order chi connectivity index (χ1) is 17.3. The Balaban J connectivity index is 1.18. The molecule has 0 saturated heterocycles. The van der Waals surface area contributed by atoms with E-state index in [1.807, 2.05) is 12.1 Å². The minimum absolute atomic E-state index is 0.0328. The fraction of sp³-hybridized carbons (Fsp3) is 0.630. The molecule has 4 bridgehead atoms. The molecule has 2 aromatic heterocycles. The van der Waals surface area contributed by atoms with Crippen molar-refractivity contribution in [3.63, 3.8) is 0 Å². The summed E-state index contributed by atoms with van der Waals surface area (Å²) in [6.45, 7) is 1.56. The van der Waals surface area contributed by atoms with Crippen molar-refractivity contribution >= 4 is 23.4 Å². The van der Waals surface area contributed by atoms with Gasteiger partial charge in [0.1, 0.15) is 11.3 Å². The molecule has 6 rings (SSSR count). The number of likely N-dealkylation sites (N-methyl/N-ethyl adjacent to an activating group) is 1. The van der Waals surface area contributed by atoms with Gasteiger partial charge in [0.2, 0.25) is 11.8 Å². The predicted octanol–water partition coefficient (Wildman–Crippen LogP) is 2.04. The van der Waals surface area contributed by atoms with Gasteiger partial charge in [0.25, 0.3) is 5.91 Å². The Kier molecular flexibility index (Phi) is 7.01. The summed E-state index contributed by atoms with van der Waals surface area (Å²) in [5.41, 5.74) is 1.96. The monoisotopic (exact) mass is 495 g/mol.